The van der Waals surface area contributed by atoms with E-state index in [0.717, 1.165) is 68.1 Å². The van der Waals surface area contributed by atoms with Crippen LogP contribution in [0.25, 0.3) is 16.9 Å². The van der Waals surface area contributed by atoms with Gasteiger partial charge in [-0.3, -0.25) is 4.79 Å². The molecule has 1 fully saturated rings. The molecule has 0 saturated carbocycles. The minimum atomic E-state index is -0.710. The molecule has 254 valence electrons. The number of likely N-dealkylation sites (tertiary alicyclic amines) is 1. The van der Waals surface area contributed by atoms with Crippen molar-refractivity contribution in [3.63, 3.8) is 0 Å². The smallest absolute Gasteiger partial charge is 0.274 e. The van der Waals surface area contributed by atoms with E-state index in [2.05, 4.69) is 37.8 Å². The first-order valence-electron chi connectivity index (χ1n) is 17.4. The standard InChI is InChI=1S/C40H49FN4O3/c1-25-30-15-11-12-16-31(30)33(41)23-32(25)37-36(38(27(3)47-7)48-40(4,5)6)26(2)42-35-24-34(43-45(35)37)39(46)44-21-19-29(20-22-44)18-17-28-13-9-8-10-14-28/h8-10,13-14,23-24,29,38H,3,11-12,15-22H2,1-2,4-7H3. The van der Waals surface area contributed by atoms with Crippen molar-refractivity contribution in [2.45, 2.75) is 97.7 Å². The molecule has 0 radical (unpaired) electrons. The van der Waals surface area contributed by atoms with Crippen LogP contribution in [-0.4, -0.2) is 51.2 Å². The van der Waals surface area contributed by atoms with E-state index in [1.807, 2.05) is 38.7 Å². The molecule has 0 N–H and O–H groups in total. The minimum absolute atomic E-state index is 0.107. The fourth-order valence-electron chi connectivity index (χ4n) is 7.47. The van der Waals surface area contributed by atoms with Crippen LogP contribution < -0.4 is 0 Å². The molecule has 0 bridgehead atoms. The first kappa shape index (κ1) is 33.8. The Kier molecular flexibility index (Phi) is 9.75. The average Bonchev–Trinajstić information content (AvgIpc) is 3.51. The second-order valence-corrected chi connectivity index (χ2v) is 14.5. The molecule has 8 heteroatoms. The number of aryl methyl sites for hydroxylation is 2. The molecule has 6 rings (SSSR count). The average molecular weight is 653 g/mol. The SMILES string of the molecule is C=C(OC)C(OC(C)(C)C)c1c(C)nc2cc(C(=O)N3CCC(CCc4ccccc4)CC3)nn2c1-c1cc(F)c2c(c1C)CCCC2. The minimum Gasteiger partial charge on any atom is -0.499 e. The Labute approximate surface area is 284 Å². The second kappa shape index (κ2) is 13.8. The number of piperidine rings is 1. The van der Waals surface area contributed by atoms with Gasteiger partial charge in [-0.05, 0) is 120 Å². The lowest BCUT2D eigenvalue weighted by Gasteiger charge is -2.31. The number of aromatic nitrogens is 3. The highest BCUT2D eigenvalue weighted by Gasteiger charge is 2.33. The molecule has 2 aromatic carbocycles. The van der Waals surface area contributed by atoms with Gasteiger partial charge in [-0.25, -0.2) is 13.9 Å². The van der Waals surface area contributed by atoms with Gasteiger partial charge in [0.25, 0.3) is 5.91 Å². The van der Waals surface area contributed by atoms with Crippen molar-refractivity contribution >= 4 is 11.6 Å². The van der Waals surface area contributed by atoms with Gasteiger partial charge in [0.05, 0.1) is 18.4 Å². The summed E-state index contributed by atoms with van der Waals surface area (Å²) in [5, 5.41) is 4.92. The first-order chi connectivity index (χ1) is 22.9. The monoisotopic (exact) mass is 652 g/mol. The number of carbonyl (C=O) groups excluding carboxylic acids is 1. The maximum atomic E-state index is 15.9. The molecule has 1 aliphatic heterocycles. The number of carbonyl (C=O) groups is 1. The Morgan fingerprint density at radius 3 is 2.42 bits per heavy atom. The maximum absolute atomic E-state index is 15.9. The Morgan fingerprint density at radius 1 is 1.06 bits per heavy atom. The van der Waals surface area contributed by atoms with Crippen LogP contribution in [0.2, 0.25) is 0 Å². The molecule has 1 aliphatic carbocycles. The Hall–Kier alpha value is -4.04. The quantitative estimate of drug-likeness (QED) is 0.170. The van der Waals surface area contributed by atoms with Gasteiger partial charge in [0.15, 0.2) is 11.3 Å². The summed E-state index contributed by atoms with van der Waals surface area (Å²) in [6.45, 7) is 15.5. The van der Waals surface area contributed by atoms with Crippen LogP contribution >= 0.6 is 0 Å². The lowest BCUT2D eigenvalue weighted by atomic mass is 9.84. The number of rotatable bonds is 9. The number of ether oxygens (including phenoxy) is 2. The molecule has 3 heterocycles. The molecule has 1 unspecified atom stereocenters. The molecule has 2 aromatic heterocycles. The highest BCUT2D eigenvalue weighted by Crippen LogP contribution is 2.42. The van der Waals surface area contributed by atoms with Crippen LogP contribution in [0, 0.1) is 25.6 Å². The third kappa shape index (κ3) is 6.91. The van der Waals surface area contributed by atoms with Gasteiger partial charge in [-0.1, -0.05) is 36.9 Å². The molecular weight excluding hydrogens is 603 g/mol. The van der Waals surface area contributed by atoms with E-state index >= 15 is 4.39 Å². The van der Waals surface area contributed by atoms with E-state index < -0.39 is 11.7 Å². The summed E-state index contributed by atoms with van der Waals surface area (Å²) in [6.07, 6.45) is 6.97. The second-order valence-electron chi connectivity index (χ2n) is 14.5. The molecule has 1 saturated heterocycles. The number of amides is 1. The first-order valence-corrected chi connectivity index (χ1v) is 17.4. The predicted molar refractivity (Wildman–Crippen MR) is 188 cm³/mol. The topological polar surface area (TPSA) is 69.0 Å². The fourth-order valence-corrected chi connectivity index (χ4v) is 7.47. The van der Waals surface area contributed by atoms with Crippen molar-refractivity contribution in [1.29, 1.82) is 0 Å². The van der Waals surface area contributed by atoms with Crippen LogP contribution in [0.5, 0.6) is 0 Å². The zero-order valence-electron chi connectivity index (χ0n) is 29.4. The van der Waals surface area contributed by atoms with Gasteiger partial charge in [-0.2, -0.15) is 5.10 Å². The summed E-state index contributed by atoms with van der Waals surface area (Å²) < 4.78 is 29.9. The van der Waals surface area contributed by atoms with E-state index in [1.165, 1.54) is 5.56 Å². The summed E-state index contributed by atoms with van der Waals surface area (Å²) in [4.78, 5) is 20.8. The van der Waals surface area contributed by atoms with Crippen LogP contribution in [0.4, 0.5) is 4.39 Å². The zero-order chi connectivity index (χ0) is 34.2. The van der Waals surface area contributed by atoms with E-state index in [-0.39, 0.29) is 11.7 Å². The van der Waals surface area contributed by atoms with Crippen LogP contribution in [0.15, 0.2) is 54.8 Å². The van der Waals surface area contributed by atoms with Crippen LogP contribution in [-0.2, 0) is 28.7 Å². The van der Waals surface area contributed by atoms with E-state index in [4.69, 9.17) is 19.6 Å². The number of nitrogens with zero attached hydrogens (tertiary/aromatic N) is 4. The molecule has 2 aliphatic rings. The highest BCUT2D eigenvalue weighted by atomic mass is 19.1. The van der Waals surface area contributed by atoms with Gasteiger partial charge in [-0.15, -0.1) is 0 Å². The number of methoxy groups -OCH3 is 1. The van der Waals surface area contributed by atoms with E-state index in [0.29, 0.717) is 58.6 Å². The summed E-state index contributed by atoms with van der Waals surface area (Å²) in [7, 11) is 1.57. The highest BCUT2D eigenvalue weighted by molar-refractivity contribution is 5.93. The van der Waals surface area contributed by atoms with Crippen molar-refractivity contribution in [3.05, 3.63) is 99.8 Å². The Morgan fingerprint density at radius 2 is 1.75 bits per heavy atom. The molecule has 4 aromatic rings. The fraction of sp³-hybridized carbons (Fsp3) is 0.475. The number of hydrogen-bond acceptors (Lipinski definition) is 5. The number of halogens is 1. The van der Waals surface area contributed by atoms with E-state index in [1.54, 1.807) is 23.8 Å². The molecule has 1 atom stereocenters. The summed E-state index contributed by atoms with van der Waals surface area (Å²) >= 11 is 0. The number of hydrogen-bond donors (Lipinski definition) is 0. The van der Waals surface area contributed by atoms with Crippen molar-refractivity contribution in [3.8, 4) is 11.3 Å². The number of benzene rings is 2. The molecule has 7 nitrogen and oxygen atoms in total. The number of fused-ring (bicyclic) bond motifs is 2. The maximum Gasteiger partial charge on any atom is 0.274 e. The molecule has 48 heavy (non-hydrogen) atoms. The third-order valence-electron chi connectivity index (χ3n) is 10.1. The van der Waals surface area contributed by atoms with Gasteiger partial charge < -0.3 is 14.4 Å². The molecule has 0 spiro atoms. The molecular formula is C40H49FN4O3. The Balaban J connectivity index is 1.40. The largest absolute Gasteiger partial charge is 0.499 e. The molecule has 1 amide bonds. The van der Waals surface area contributed by atoms with Gasteiger partial charge in [0, 0.05) is 36.0 Å². The Bertz CT molecular complexity index is 1820. The van der Waals surface area contributed by atoms with Gasteiger partial charge in [0.1, 0.15) is 17.7 Å². The third-order valence-corrected chi connectivity index (χ3v) is 10.1. The van der Waals surface area contributed by atoms with Crippen LogP contribution in [0.1, 0.15) is 103 Å². The van der Waals surface area contributed by atoms with Crippen LogP contribution in [0.3, 0.4) is 0 Å². The lowest BCUT2D eigenvalue weighted by Crippen LogP contribution is -2.38. The van der Waals surface area contributed by atoms with Crippen molar-refractivity contribution in [1.82, 2.24) is 19.5 Å². The summed E-state index contributed by atoms with van der Waals surface area (Å²) in [6, 6.07) is 14.0. The zero-order valence-corrected chi connectivity index (χ0v) is 29.4. The van der Waals surface area contributed by atoms with Crippen molar-refractivity contribution < 1.29 is 18.7 Å². The normalized spacial score (nSPS) is 16.2. The van der Waals surface area contributed by atoms with Gasteiger partial charge in [0.2, 0.25) is 0 Å². The van der Waals surface area contributed by atoms with Gasteiger partial charge >= 0.3 is 0 Å². The van der Waals surface area contributed by atoms with Crippen molar-refractivity contribution in [2.24, 2.45) is 5.92 Å². The van der Waals surface area contributed by atoms with E-state index in [9.17, 15) is 4.79 Å². The summed E-state index contributed by atoms with van der Waals surface area (Å²) in [5.74, 6) is 0.676. The summed E-state index contributed by atoms with van der Waals surface area (Å²) in [5.41, 5.74) is 7.28. The lowest BCUT2D eigenvalue weighted by molar-refractivity contribution is -0.0635. The van der Waals surface area contributed by atoms with Crippen molar-refractivity contribution in [2.75, 3.05) is 20.2 Å². The predicted octanol–water partition coefficient (Wildman–Crippen LogP) is 8.53.